The zero-order valence-electron chi connectivity index (χ0n) is 11.7. The molecule has 1 aromatic carbocycles. The second-order valence-corrected chi connectivity index (χ2v) is 7.07. The minimum atomic E-state index is -3.80. The molecule has 0 N–H and O–H groups in total. The average Bonchev–Trinajstić information content (AvgIpc) is 2.77. The highest BCUT2D eigenvalue weighted by Crippen LogP contribution is 2.28. The molecule has 1 heterocycles. The molecule has 1 aromatic heterocycles. The number of hydrogen-bond donors (Lipinski definition) is 0. The van der Waals surface area contributed by atoms with Crippen molar-refractivity contribution in [3.63, 3.8) is 0 Å². The number of aryl methyl sites for hydroxylation is 2. The van der Waals surface area contributed by atoms with Crippen LogP contribution in [0, 0.1) is 6.92 Å². The van der Waals surface area contributed by atoms with Crippen LogP contribution in [0.15, 0.2) is 29.2 Å². The van der Waals surface area contributed by atoms with Crippen LogP contribution in [0.25, 0.3) is 5.69 Å². The Morgan fingerprint density at radius 1 is 1.20 bits per heavy atom. The van der Waals surface area contributed by atoms with E-state index in [1.54, 1.807) is 4.68 Å². The Labute approximate surface area is 123 Å². The number of nitrogens with zero attached hydrogens (tertiary/aromatic N) is 2. The summed E-state index contributed by atoms with van der Waals surface area (Å²) in [7, 11) is 1.79. The molecule has 0 fully saturated rings. The predicted octanol–water partition coefficient (Wildman–Crippen LogP) is 3.23. The Morgan fingerprint density at radius 2 is 1.85 bits per heavy atom. The van der Waals surface area contributed by atoms with Crippen molar-refractivity contribution in [1.29, 1.82) is 0 Å². The molecule has 0 saturated heterocycles. The third-order valence-electron chi connectivity index (χ3n) is 3.26. The van der Waals surface area contributed by atoms with Gasteiger partial charge in [-0.2, -0.15) is 5.10 Å². The fourth-order valence-electron chi connectivity index (χ4n) is 2.31. The number of para-hydroxylation sites is 1. The maximum absolute atomic E-state index is 11.8. The number of rotatable bonds is 4. The summed E-state index contributed by atoms with van der Waals surface area (Å²) in [6, 6.07) is 7.74. The van der Waals surface area contributed by atoms with Crippen LogP contribution in [0.1, 0.15) is 30.8 Å². The van der Waals surface area contributed by atoms with E-state index in [1.165, 1.54) is 0 Å². The largest absolute Gasteiger partial charge is 0.265 e. The molecule has 2 aromatic rings. The molecule has 0 spiro atoms. The topological polar surface area (TPSA) is 52.0 Å². The van der Waals surface area contributed by atoms with Crippen molar-refractivity contribution >= 4 is 19.7 Å². The van der Waals surface area contributed by atoms with E-state index < -0.39 is 9.05 Å². The summed E-state index contributed by atoms with van der Waals surface area (Å²) in [4.78, 5) is 0.160. The van der Waals surface area contributed by atoms with Crippen molar-refractivity contribution in [2.45, 2.75) is 38.5 Å². The SMILES string of the molecule is CCc1nn(-c2ccccc2C)c(CC)c1S(=O)(=O)Cl. The quantitative estimate of drug-likeness (QED) is 0.814. The van der Waals surface area contributed by atoms with Crippen LogP contribution >= 0.6 is 10.7 Å². The predicted molar refractivity (Wildman–Crippen MR) is 80.1 cm³/mol. The number of aromatic nitrogens is 2. The molecule has 0 amide bonds. The van der Waals surface area contributed by atoms with E-state index in [-0.39, 0.29) is 4.90 Å². The minimum absolute atomic E-state index is 0.160. The van der Waals surface area contributed by atoms with Gasteiger partial charge in [-0.3, -0.25) is 0 Å². The highest BCUT2D eigenvalue weighted by Gasteiger charge is 2.26. The maximum atomic E-state index is 11.8. The molecular weight excluding hydrogens is 296 g/mol. The lowest BCUT2D eigenvalue weighted by Gasteiger charge is -2.09. The third-order valence-corrected chi connectivity index (χ3v) is 4.68. The number of benzene rings is 1. The number of hydrogen-bond acceptors (Lipinski definition) is 3. The van der Waals surface area contributed by atoms with Crippen LogP contribution < -0.4 is 0 Å². The molecule has 0 unspecified atom stereocenters. The highest BCUT2D eigenvalue weighted by molar-refractivity contribution is 8.13. The first-order valence-corrected chi connectivity index (χ1v) is 8.82. The van der Waals surface area contributed by atoms with Crippen molar-refractivity contribution in [3.05, 3.63) is 41.2 Å². The standard InChI is InChI=1S/C14H17ClN2O2S/c1-4-11-14(20(15,18)19)12(5-2)17(16-11)13-9-7-6-8-10(13)3/h6-9H,4-5H2,1-3H3. The summed E-state index contributed by atoms with van der Waals surface area (Å²) in [6.07, 6.45) is 1.07. The van der Waals surface area contributed by atoms with E-state index >= 15 is 0 Å². The molecule has 4 nitrogen and oxygen atoms in total. The normalized spacial score (nSPS) is 11.8. The second-order valence-electron chi connectivity index (χ2n) is 4.57. The van der Waals surface area contributed by atoms with E-state index in [0.717, 1.165) is 11.3 Å². The Hall–Kier alpha value is -1.33. The van der Waals surface area contributed by atoms with Crippen molar-refractivity contribution < 1.29 is 8.42 Å². The second kappa shape index (κ2) is 5.58. The number of halogens is 1. The summed E-state index contributed by atoms with van der Waals surface area (Å²) in [6.45, 7) is 5.74. The van der Waals surface area contributed by atoms with E-state index in [1.807, 2.05) is 45.0 Å². The van der Waals surface area contributed by atoms with Gasteiger partial charge in [0.15, 0.2) is 0 Å². The first-order chi connectivity index (χ1) is 9.40. The van der Waals surface area contributed by atoms with Crippen molar-refractivity contribution in [1.82, 2.24) is 9.78 Å². The molecule has 0 aliphatic heterocycles. The smallest absolute Gasteiger partial charge is 0.236 e. The zero-order valence-corrected chi connectivity index (χ0v) is 13.3. The van der Waals surface area contributed by atoms with Crippen molar-refractivity contribution in [2.24, 2.45) is 0 Å². The van der Waals surface area contributed by atoms with Crippen LogP contribution in [-0.2, 0) is 21.9 Å². The van der Waals surface area contributed by atoms with Gasteiger partial charge in [-0.1, -0.05) is 32.0 Å². The average molecular weight is 313 g/mol. The zero-order chi connectivity index (χ0) is 14.9. The Kier molecular flexibility index (Phi) is 4.20. The van der Waals surface area contributed by atoms with Crippen molar-refractivity contribution in [2.75, 3.05) is 0 Å². The molecule has 0 bridgehead atoms. The molecular formula is C14H17ClN2O2S. The van der Waals surface area contributed by atoms with Crippen LogP contribution in [0.2, 0.25) is 0 Å². The van der Waals surface area contributed by atoms with Gasteiger partial charge in [0.25, 0.3) is 9.05 Å². The highest BCUT2D eigenvalue weighted by atomic mass is 35.7. The van der Waals surface area contributed by atoms with Gasteiger partial charge >= 0.3 is 0 Å². The summed E-state index contributed by atoms with van der Waals surface area (Å²) in [5.41, 5.74) is 3.06. The third kappa shape index (κ3) is 2.60. The molecule has 20 heavy (non-hydrogen) atoms. The van der Waals surface area contributed by atoms with Gasteiger partial charge in [0.05, 0.1) is 17.1 Å². The Bertz CT molecular complexity index is 736. The van der Waals surface area contributed by atoms with Gasteiger partial charge in [0.2, 0.25) is 0 Å². The van der Waals surface area contributed by atoms with Crippen LogP contribution in [0.4, 0.5) is 0 Å². The van der Waals surface area contributed by atoms with Gasteiger partial charge in [-0.25, -0.2) is 13.1 Å². The van der Waals surface area contributed by atoms with Gasteiger partial charge in [-0.05, 0) is 31.4 Å². The summed E-state index contributed by atoms with van der Waals surface area (Å²) < 4.78 is 25.4. The minimum Gasteiger partial charge on any atom is -0.236 e. The molecule has 2 rings (SSSR count). The summed E-state index contributed by atoms with van der Waals surface area (Å²) in [5, 5.41) is 4.45. The Morgan fingerprint density at radius 3 is 2.35 bits per heavy atom. The first kappa shape index (κ1) is 15.1. The molecule has 0 saturated carbocycles. The fraction of sp³-hybridized carbons (Fsp3) is 0.357. The molecule has 0 aliphatic rings. The van der Waals surface area contributed by atoms with E-state index in [4.69, 9.17) is 10.7 Å². The van der Waals surface area contributed by atoms with Gasteiger partial charge in [0, 0.05) is 10.7 Å². The van der Waals surface area contributed by atoms with Gasteiger partial charge in [-0.15, -0.1) is 0 Å². The molecule has 6 heteroatoms. The lowest BCUT2D eigenvalue weighted by molar-refractivity contribution is 0.607. The molecule has 108 valence electrons. The van der Waals surface area contributed by atoms with Gasteiger partial charge < -0.3 is 0 Å². The molecule has 0 radical (unpaired) electrons. The fourth-order valence-corrected chi connectivity index (χ4v) is 3.83. The van der Waals surface area contributed by atoms with Crippen LogP contribution in [0.5, 0.6) is 0 Å². The monoisotopic (exact) mass is 312 g/mol. The summed E-state index contributed by atoms with van der Waals surface area (Å²) >= 11 is 0. The summed E-state index contributed by atoms with van der Waals surface area (Å²) in [5.74, 6) is 0. The van der Waals surface area contributed by atoms with Gasteiger partial charge in [0.1, 0.15) is 4.90 Å². The van der Waals surface area contributed by atoms with E-state index in [0.29, 0.717) is 24.2 Å². The molecule has 0 aliphatic carbocycles. The maximum Gasteiger partial charge on any atom is 0.265 e. The first-order valence-electron chi connectivity index (χ1n) is 6.51. The molecule has 0 atom stereocenters. The Balaban J connectivity index is 2.80. The van der Waals surface area contributed by atoms with Crippen LogP contribution in [-0.4, -0.2) is 18.2 Å². The lowest BCUT2D eigenvalue weighted by Crippen LogP contribution is -2.05. The van der Waals surface area contributed by atoms with E-state index in [2.05, 4.69) is 5.10 Å². The van der Waals surface area contributed by atoms with E-state index in [9.17, 15) is 8.42 Å². The van der Waals surface area contributed by atoms with Crippen molar-refractivity contribution in [3.8, 4) is 5.69 Å². The lowest BCUT2D eigenvalue weighted by atomic mass is 10.2. The van der Waals surface area contributed by atoms with Crippen LogP contribution in [0.3, 0.4) is 0 Å².